The Kier molecular flexibility index (Phi) is 14.4. The number of fused-ring (bicyclic) bond motifs is 1. The second-order valence-electron chi connectivity index (χ2n) is 16.2. The maximum Gasteiger partial charge on any atom is 0.407 e. The highest BCUT2D eigenvalue weighted by Gasteiger charge is 2.38. The van der Waals surface area contributed by atoms with Crippen molar-refractivity contribution >= 4 is 51.9 Å². The lowest BCUT2D eigenvalue weighted by Gasteiger charge is -2.37. The molecule has 0 bridgehead atoms. The van der Waals surface area contributed by atoms with Crippen molar-refractivity contribution in [3.8, 4) is 0 Å². The number of alkyl carbamates (subject to hydrolysis) is 1. The van der Waals surface area contributed by atoms with Crippen LogP contribution in [0, 0.1) is 5.92 Å². The molecular formula is C51H55N3O5S. The minimum absolute atomic E-state index is 0.0881. The lowest BCUT2D eigenvalue weighted by Crippen LogP contribution is -2.47. The summed E-state index contributed by atoms with van der Waals surface area (Å²) in [6.07, 6.45) is -0.126. The van der Waals surface area contributed by atoms with Crippen molar-refractivity contribution < 1.29 is 23.9 Å². The third-order valence-corrected chi connectivity index (χ3v) is 11.9. The molecule has 8 nitrogen and oxygen atoms in total. The molecule has 2 amide bonds. The molecule has 0 aromatic heterocycles. The summed E-state index contributed by atoms with van der Waals surface area (Å²) in [7, 11) is 1.35. The quantitative estimate of drug-likeness (QED) is 0.0741. The van der Waals surface area contributed by atoms with Gasteiger partial charge in [0, 0.05) is 34.6 Å². The zero-order chi connectivity index (χ0) is 42.7. The molecular weight excluding hydrogens is 767 g/mol. The Hall–Kier alpha value is -6.06. The number of thioether (sulfide) groups is 1. The topological polar surface area (TPSA) is 97.0 Å². The number of benzene rings is 6. The Morgan fingerprint density at radius 1 is 0.700 bits per heavy atom. The van der Waals surface area contributed by atoms with E-state index in [4.69, 9.17) is 9.47 Å². The Balaban J connectivity index is 1.42. The van der Waals surface area contributed by atoms with Crippen LogP contribution in [-0.4, -0.2) is 55.1 Å². The molecule has 9 heteroatoms. The van der Waals surface area contributed by atoms with E-state index in [0.717, 1.165) is 33.2 Å². The number of hydrogen-bond acceptors (Lipinski definition) is 7. The first-order valence-corrected chi connectivity index (χ1v) is 21.4. The van der Waals surface area contributed by atoms with E-state index in [1.807, 2.05) is 107 Å². The molecule has 2 N–H and O–H groups in total. The molecule has 0 aliphatic carbocycles. The van der Waals surface area contributed by atoms with Gasteiger partial charge in [-0.2, -0.15) is 0 Å². The molecule has 0 saturated carbocycles. The highest BCUT2D eigenvalue weighted by molar-refractivity contribution is 8.00. The number of esters is 1. The maximum absolute atomic E-state index is 14.5. The average Bonchev–Trinajstić information content (AvgIpc) is 3.25. The van der Waals surface area contributed by atoms with E-state index in [0.29, 0.717) is 30.0 Å². The van der Waals surface area contributed by atoms with Gasteiger partial charge in [-0.25, -0.2) is 9.59 Å². The molecule has 0 heterocycles. The number of nitrogens with zero attached hydrogens (tertiary/aromatic N) is 1. The normalized spacial score (nSPS) is 12.7. The molecule has 2 atom stereocenters. The Bertz CT molecular complexity index is 2240. The van der Waals surface area contributed by atoms with Gasteiger partial charge in [0.2, 0.25) is 0 Å². The summed E-state index contributed by atoms with van der Waals surface area (Å²) in [5.41, 5.74) is 4.37. The number of amides is 2. The second-order valence-corrected chi connectivity index (χ2v) is 17.5. The van der Waals surface area contributed by atoms with Crippen LogP contribution in [0.5, 0.6) is 0 Å². The van der Waals surface area contributed by atoms with Gasteiger partial charge in [0.15, 0.2) is 0 Å². The summed E-state index contributed by atoms with van der Waals surface area (Å²) < 4.78 is 10.5. The Morgan fingerprint density at radius 2 is 1.22 bits per heavy atom. The van der Waals surface area contributed by atoms with Gasteiger partial charge >= 0.3 is 12.1 Å². The number of rotatable bonds is 16. The van der Waals surface area contributed by atoms with Gasteiger partial charge in [0.1, 0.15) is 11.6 Å². The first-order valence-electron chi connectivity index (χ1n) is 20.4. The van der Waals surface area contributed by atoms with E-state index in [2.05, 4.69) is 83.4 Å². The van der Waals surface area contributed by atoms with Gasteiger partial charge in [-0.05, 0) is 79.5 Å². The van der Waals surface area contributed by atoms with E-state index in [-0.39, 0.29) is 11.8 Å². The lowest BCUT2D eigenvalue weighted by atomic mass is 9.84. The predicted molar refractivity (Wildman–Crippen MR) is 246 cm³/mol. The Morgan fingerprint density at radius 3 is 1.73 bits per heavy atom. The van der Waals surface area contributed by atoms with Crippen LogP contribution in [-0.2, 0) is 19.0 Å². The van der Waals surface area contributed by atoms with Crippen LogP contribution in [0.3, 0.4) is 0 Å². The fourth-order valence-corrected chi connectivity index (χ4v) is 9.04. The van der Waals surface area contributed by atoms with Crippen molar-refractivity contribution in [2.75, 3.05) is 29.6 Å². The standard InChI is InChI=1S/C51H55N3O5S/c1-36(2)31-46(48(56)58-6)54(47(55)37-21-11-7-12-22-37)43-32-38-23-19-20-30-44(38)45(33-43)52-34-42(53-49(57)59-50(3,4)5)35-60-51(39-24-13-8-14-25-39,40-26-15-9-16-27-40)41-28-17-10-18-29-41/h7-30,32-33,36,42,46,52H,31,34-35H2,1-6H3,(H,53,57)/t42?,46-/m0/s1. The minimum Gasteiger partial charge on any atom is -0.467 e. The molecule has 60 heavy (non-hydrogen) atoms. The van der Waals surface area contributed by atoms with Crippen molar-refractivity contribution in [1.82, 2.24) is 5.32 Å². The number of methoxy groups -OCH3 is 1. The molecule has 0 spiro atoms. The highest BCUT2D eigenvalue weighted by atomic mass is 32.2. The smallest absolute Gasteiger partial charge is 0.407 e. The summed E-state index contributed by atoms with van der Waals surface area (Å²) >= 11 is 1.75. The van der Waals surface area contributed by atoms with Crippen molar-refractivity contribution in [3.63, 3.8) is 0 Å². The molecule has 0 fully saturated rings. The van der Waals surface area contributed by atoms with E-state index >= 15 is 0 Å². The van der Waals surface area contributed by atoms with Gasteiger partial charge in [-0.3, -0.25) is 9.69 Å². The van der Waals surface area contributed by atoms with E-state index in [1.165, 1.54) is 7.11 Å². The largest absolute Gasteiger partial charge is 0.467 e. The van der Waals surface area contributed by atoms with E-state index in [1.54, 1.807) is 28.8 Å². The number of hydrogen-bond donors (Lipinski definition) is 2. The maximum atomic E-state index is 14.5. The monoisotopic (exact) mass is 821 g/mol. The molecule has 1 unspecified atom stereocenters. The van der Waals surface area contributed by atoms with Crippen molar-refractivity contribution in [1.29, 1.82) is 0 Å². The van der Waals surface area contributed by atoms with Crippen LogP contribution in [0.1, 0.15) is 68.1 Å². The molecule has 6 aromatic carbocycles. The number of nitrogens with one attached hydrogen (secondary N) is 2. The van der Waals surface area contributed by atoms with Crippen molar-refractivity contribution in [2.45, 2.75) is 63.5 Å². The molecule has 0 aliphatic rings. The summed E-state index contributed by atoms with van der Waals surface area (Å²) in [5, 5.41) is 8.65. The van der Waals surface area contributed by atoms with Gasteiger partial charge in [-0.1, -0.05) is 147 Å². The fourth-order valence-electron chi connectivity index (χ4n) is 7.48. The number of anilines is 2. The molecule has 0 saturated heterocycles. The number of ether oxygens (including phenoxy) is 2. The van der Waals surface area contributed by atoms with Crippen LogP contribution >= 0.6 is 11.8 Å². The SMILES string of the molecule is COC(=O)[C@H](CC(C)C)N(C(=O)c1ccccc1)c1cc(NCC(CSC(c2ccccc2)(c2ccccc2)c2ccccc2)NC(=O)OC(C)(C)C)c2ccccc2c1. The molecule has 6 aromatic rings. The summed E-state index contributed by atoms with van der Waals surface area (Å²) in [5.74, 6) is -0.231. The number of carbonyl (C=O) groups excluding carboxylic acids is 3. The van der Waals surface area contributed by atoms with Gasteiger partial charge in [0.25, 0.3) is 5.91 Å². The van der Waals surface area contributed by atoms with Crippen molar-refractivity contribution in [3.05, 3.63) is 180 Å². The summed E-state index contributed by atoms with van der Waals surface area (Å²) in [6, 6.07) is 50.8. The van der Waals surface area contributed by atoms with Crippen molar-refractivity contribution in [2.24, 2.45) is 5.92 Å². The van der Waals surface area contributed by atoms with Crippen LogP contribution in [0.25, 0.3) is 10.8 Å². The van der Waals surface area contributed by atoms with E-state index < -0.39 is 34.5 Å². The van der Waals surface area contributed by atoms with Gasteiger partial charge in [0.05, 0.1) is 17.9 Å². The summed E-state index contributed by atoms with van der Waals surface area (Å²) in [6.45, 7) is 9.90. The highest BCUT2D eigenvalue weighted by Crippen LogP contribution is 2.48. The van der Waals surface area contributed by atoms with E-state index in [9.17, 15) is 14.4 Å². The van der Waals surface area contributed by atoms with Crippen LogP contribution in [0.4, 0.5) is 16.2 Å². The molecule has 0 aliphatic heterocycles. The third kappa shape index (κ3) is 10.6. The first-order chi connectivity index (χ1) is 28.9. The van der Waals surface area contributed by atoms with Gasteiger partial charge in [-0.15, -0.1) is 11.8 Å². The van der Waals surface area contributed by atoms with Crippen LogP contribution in [0.2, 0.25) is 0 Å². The fraction of sp³-hybridized carbons (Fsp3) is 0.275. The zero-order valence-electron chi connectivity index (χ0n) is 35.3. The number of carbonyl (C=O) groups is 3. The molecule has 310 valence electrons. The first kappa shape index (κ1) is 43.5. The van der Waals surface area contributed by atoms with Crippen LogP contribution in [0.15, 0.2) is 158 Å². The Labute approximate surface area is 358 Å². The average molecular weight is 822 g/mol. The molecule has 6 rings (SSSR count). The summed E-state index contributed by atoms with van der Waals surface area (Å²) in [4.78, 5) is 43.2. The minimum atomic E-state index is -0.878. The lowest BCUT2D eigenvalue weighted by molar-refractivity contribution is -0.142. The molecule has 0 radical (unpaired) electrons. The van der Waals surface area contributed by atoms with Crippen LogP contribution < -0.4 is 15.5 Å². The third-order valence-electron chi connectivity index (χ3n) is 10.1. The predicted octanol–water partition coefficient (Wildman–Crippen LogP) is 11.1. The zero-order valence-corrected chi connectivity index (χ0v) is 36.1. The van der Waals surface area contributed by atoms with Gasteiger partial charge < -0.3 is 20.1 Å². The second kappa shape index (κ2) is 19.8.